The molecule has 1 aliphatic rings. The Balaban J connectivity index is 2.32. The van der Waals surface area contributed by atoms with Gasteiger partial charge in [0.2, 0.25) is 0 Å². The fourth-order valence-electron chi connectivity index (χ4n) is 2.79. The van der Waals surface area contributed by atoms with Gasteiger partial charge in [0.05, 0.1) is 5.41 Å². The number of aromatic nitrogens is 2. The summed E-state index contributed by atoms with van der Waals surface area (Å²) in [6.45, 7) is 3.27. The van der Waals surface area contributed by atoms with E-state index in [1.54, 1.807) is 12.4 Å². The molecule has 6 heteroatoms. The summed E-state index contributed by atoms with van der Waals surface area (Å²) >= 11 is 0. The summed E-state index contributed by atoms with van der Waals surface area (Å²) in [5, 5.41) is 9.56. The molecule has 1 aromatic rings. The van der Waals surface area contributed by atoms with E-state index in [0.29, 0.717) is 13.0 Å². The third-order valence-electron chi connectivity index (χ3n) is 4.09. The number of anilines is 2. The molecule has 110 valence electrons. The number of hydrogen-bond donors (Lipinski definition) is 1. The standard InChI is InChI=1S/C14H22N4O2/c1-4-14(13(19)20)6-5-9-18(10-14)12-11(17(2)3)15-7-8-16-12/h7-8H,4-6,9-10H2,1-3H3,(H,19,20). The zero-order valence-corrected chi connectivity index (χ0v) is 12.3. The smallest absolute Gasteiger partial charge is 0.311 e. The minimum absolute atomic E-state index is 0.498. The van der Waals surface area contributed by atoms with Crippen LogP contribution in [-0.4, -0.2) is 48.2 Å². The third kappa shape index (κ3) is 2.55. The van der Waals surface area contributed by atoms with Crippen LogP contribution in [0.4, 0.5) is 11.6 Å². The van der Waals surface area contributed by atoms with E-state index >= 15 is 0 Å². The molecule has 0 aliphatic carbocycles. The highest BCUT2D eigenvalue weighted by atomic mass is 16.4. The van der Waals surface area contributed by atoms with Gasteiger partial charge in [0, 0.05) is 39.6 Å². The summed E-state index contributed by atoms with van der Waals surface area (Å²) in [5.41, 5.74) is -0.667. The molecule has 0 saturated carbocycles. The van der Waals surface area contributed by atoms with E-state index in [1.807, 2.05) is 25.9 Å². The van der Waals surface area contributed by atoms with Crippen LogP contribution in [0, 0.1) is 5.41 Å². The molecule has 1 unspecified atom stereocenters. The Labute approximate surface area is 119 Å². The van der Waals surface area contributed by atoms with Gasteiger partial charge in [-0.2, -0.15) is 0 Å². The maximum absolute atomic E-state index is 11.6. The van der Waals surface area contributed by atoms with Gasteiger partial charge in [-0.05, 0) is 19.3 Å². The normalized spacial score (nSPS) is 22.6. The molecule has 1 atom stereocenters. The molecule has 1 aromatic heterocycles. The topological polar surface area (TPSA) is 69.6 Å². The molecule has 1 aliphatic heterocycles. The number of rotatable bonds is 4. The first-order valence-corrected chi connectivity index (χ1v) is 6.97. The van der Waals surface area contributed by atoms with Crippen LogP contribution >= 0.6 is 0 Å². The van der Waals surface area contributed by atoms with Crippen molar-refractivity contribution in [2.24, 2.45) is 5.41 Å². The first-order chi connectivity index (χ1) is 9.50. The van der Waals surface area contributed by atoms with Crippen LogP contribution in [0.5, 0.6) is 0 Å². The van der Waals surface area contributed by atoms with Crippen molar-refractivity contribution in [1.82, 2.24) is 9.97 Å². The van der Waals surface area contributed by atoms with Crippen molar-refractivity contribution in [1.29, 1.82) is 0 Å². The van der Waals surface area contributed by atoms with Gasteiger partial charge in [-0.15, -0.1) is 0 Å². The molecule has 2 heterocycles. The molecule has 1 fully saturated rings. The maximum atomic E-state index is 11.6. The van der Waals surface area contributed by atoms with Gasteiger partial charge in [0.25, 0.3) is 0 Å². The van der Waals surface area contributed by atoms with Crippen molar-refractivity contribution in [2.45, 2.75) is 26.2 Å². The minimum Gasteiger partial charge on any atom is -0.481 e. The molecule has 1 saturated heterocycles. The molecule has 1 N–H and O–H groups in total. The van der Waals surface area contributed by atoms with Crippen molar-refractivity contribution in [3.05, 3.63) is 12.4 Å². The predicted octanol–water partition coefficient (Wildman–Crippen LogP) is 1.62. The van der Waals surface area contributed by atoms with Crippen LogP contribution in [0.3, 0.4) is 0 Å². The van der Waals surface area contributed by atoms with E-state index in [-0.39, 0.29) is 0 Å². The third-order valence-corrected chi connectivity index (χ3v) is 4.09. The van der Waals surface area contributed by atoms with Gasteiger partial charge in [0.1, 0.15) is 0 Å². The van der Waals surface area contributed by atoms with Gasteiger partial charge in [-0.25, -0.2) is 9.97 Å². The van der Waals surface area contributed by atoms with Crippen LogP contribution in [0.2, 0.25) is 0 Å². The van der Waals surface area contributed by atoms with Gasteiger partial charge in [0.15, 0.2) is 11.6 Å². The summed E-state index contributed by atoms with van der Waals surface area (Å²) in [4.78, 5) is 24.4. The number of aliphatic carboxylic acids is 1. The van der Waals surface area contributed by atoms with E-state index in [1.165, 1.54) is 0 Å². The number of hydrogen-bond acceptors (Lipinski definition) is 5. The van der Waals surface area contributed by atoms with Crippen LogP contribution in [0.1, 0.15) is 26.2 Å². The van der Waals surface area contributed by atoms with Gasteiger partial charge >= 0.3 is 5.97 Å². The summed E-state index contributed by atoms with van der Waals surface area (Å²) in [7, 11) is 3.84. The molecular formula is C14H22N4O2. The maximum Gasteiger partial charge on any atom is 0.311 e. The van der Waals surface area contributed by atoms with Gasteiger partial charge in [-0.1, -0.05) is 6.92 Å². The Hall–Kier alpha value is -1.85. The van der Waals surface area contributed by atoms with Crippen LogP contribution in [0.15, 0.2) is 12.4 Å². The molecular weight excluding hydrogens is 256 g/mol. The fraction of sp³-hybridized carbons (Fsp3) is 0.643. The molecule has 20 heavy (non-hydrogen) atoms. The second-order valence-corrected chi connectivity index (χ2v) is 5.56. The highest BCUT2D eigenvalue weighted by molar-refractivity contribution is 5.76. The van der Waals surface area contributed by atoms with E-state index in [2.05, 4.69) is 14.9 Å². The van der Waals surface area contributed by atoms with E-state index < -0.39 is 11.4 Å². The lowest BCUT2D eigenvalue weighted by molar-refractivity contribution is -0.149. The zero-order chi connectivity index (χ0) is 14.8. The highest BCUT2D eigenvalue weighted by Gasteiger charge is 2.41. The SMILES string of the molecule is CCC1(C(=O)O)CCCN(c2nccnc2N(C)C)C1. The van der Waals surface area contributed by atoms with Gasteiger partial charge in [-0.3, -0.25) is 4.79 Å². The molecule has 2 rings (SSSR count). The number of carbonyl (C=O) groups is 1. The number of carboxylic acid groups (broad SMARTS) is 1. The summed E-state index contributed by atoms with van der Waals surface area (Å²) in [6.07, 6.45) is 5.55. The number of nitrogens with zero attached hydrogens (tertiary/aromatic N) is 4. The Morgan fingerprint density at radius 2 is 2.15 bits per heavy atom. The van der Waals surface area contributed by atoms with E-state index in [4.69, 9.17) is 0 Å². The Morgan fingerprint density at radius 1 is 1.45 bits per heavy atom. The summed E-state index contributed by atoms with van der Waals surface area (Å²) in [6, 6.07) is 0. The Bertz CT molecular complexity index is 492. The lowest BCUT2D eigenvalue weighted by Gasteiger charge is -2.40. The van der Waals surface area contributed by atoms with Crippen LogP contribution < -0.4 is 9.80 Å². The predicted molar refractivity (Wildman–Crippen MR) is 78.2 cm³/mol. The van der Waals surface area contributed by atoms with Crippen molar-refractivity contribution in [3.8, 4) is 0 Å². The Morgan fingerprint density at radius 3 is 2.75 bits per heavy atom. The summed E-state index contributed by atoms with van der Waals surface area (Å²) in [5.74, 6) is 0.848. The lowest BCUT2D eigenvalue weighted by atomic mass is 9.77. The van der Waals surface area contributed by atoms with Crippen molar-refractivity contribution >= 4 is 17.6 Å². The van der Waals surface area contributed by atoms with Crippen molar-refractivity contribution < 1.29 is 9.90 Å². The Kier molecular flexibility index (Phi) is 4.11. The van der Waals surface area contributed by atoms with E-state index in [9.17, 15) is 9.90 Å². The molecule has 6 nitrogen and oxygen atoms in total. The number of piperidine rings is 1. The average Bonchev–Trinajstić information content (AvgIpc) is 2.47. The molecule has 0 radical (unpaired) electrons. The molecule has 0 spiro atoms. The van der Waals surface area contributed by atoms with Gasteiger partial charge < -0.3 is 14.9 Å². The van der Waals surface area contributed by atoms with Crippen molar-refractivity contribution in [2.75, 3.05) is 37.0 Å². The monoisotopic (exact) mass is 278 g/mol. The lowest BCUT2D eigenvalue weighted by Crippen LogP contribution is -2.48. The second-order valence-electron chi connectivity index (χ2n) is 5.56. The first kappa shape index (κ1) is 14.6. The quantitative estimate of drug-likeness (QED) is 0.902. The summed E-state index contributed by atoms with van der Waals surface area (Å²) < 4.78 is 0. The second kappa shape index (κ2) is 5.64. The highest BCUT2D eigenvalue weighted by Crippen LogP contribution is 2.37. The zero-order valence-electron chi connectivity index (χ0n) is 12.3. The van der Waals surface area contributed by atoms with Crippen LogP contribution in [-0.2, 0) is 4.79 Å². The molecule has 0 aromatic carbocycles. The molecule has 0 bridgehead atoms. The number of carboxylic acids is 1. The fourth-order valence-corrected chi connectivity index (χ4v) is 2.79. The largest absolute Gasteiger partial charge is 0.481 e. The van der Waals surface area contributed by atoms with Crippen molar-refractivity contribution in [3.63, 3.8) is 0 Å². The molecule has 0 amide bonds. The van der Waals surface area contributed by atoms with Crippen LogP contribution in [0.25, 0.3) is 0 Å². The minimum atomic E-state index is -0.708. The van der Waals surface area contributed by atoms with E-state index in [0.717, 1.165) is 31.0 Å². The first-order valence-electron chi connectivity index (χ1n) is 6.97. The average molecular weight is 278 g/mol.